The molecule has 2 aromatic carbocycles. The first-order valence-corrected chi connectivity index (χ1v) is 13.5. The quantitative estimate of drug-likeness (QED) is 0.175. The number of rotatable bonds is 5. The number of ether oxygens (including phenoxy) is 1. The molecule has 0 saturated heterocycles. The molecule has 41 heavy (non-hydrogen) atoms. The van der Waals surface area contributed by atoms with Crippen molar-refractivity contribution in [3.63, 3.8) is 0 Å². The minimum absolute atomic E-state index is 0.163. The highest BCUT2D eigenvalue weighted by molar-refractivity contribution is 5.84. The highest BCUT2D eigenvalue weighted by Gasteiger charge is 2.31. The standard InChI is InChI=1S/C31H27F4N5O/c1-19-7-9-22(18-36-19)38-26-16-28-30(17-27(26)37-21-5-3-2-4-6-21)40(29-15-20(32)8-14-25(29)39-28)23-10-12-24(13-11-23)41-31(33,34)35/h7-18,21,38H,2-6H2,1H3. The number of hydrogen-bond donors (Lipinski definition) is 1. The van der Waals surface area contributed by atoms with E-state index in [9.17, 15) is 17.6 Å². The lowest BCUT2D eigenvalue weighted by Crippen LogP contribution is -2.19. The Morgan fingerprint density at radius 1 is 0.951 bits per heavy atom. The van der Waals surface area contributed by atoms with E-state index in [1.165, 1.54) is 42.8 Å². The summed E-state index contributed by atoms with van der Waals surface area (Å²) >= 11 is 0. The third-order valence-corrected chi connectivity index (χ3v) is 7.17. The molecule has 0 radical (unpaired) electrons. The van der Waals surface area contributed by atoms with Crippen LogP contribution in [-0.4, -0.2) is 26.9 Å². The third-order valence-electron chi connectivity index (χ3n) is 7.17. The van der Waals surface area contributed by atoms with Crippen LogP contribution in [0.3, 0.4) is 0 Å². The maximum Gasteiger partial charge on any atom is 0.573 e. The van der Waals surface area contributed by atoms with Gasteiger partial charge < -0.3 is 14.6 Å². The van der Waals surface area contributed by atoms with E-state index >= 15 is 0 Å². The highest BCUT2D eigenvalue weighted by atomic mass is 19.4. The molecule has 210 valence electrons. The van der Waals surface area contributed by atoms with Crippen LogP contribution in [0.5, 0.6) is 5.75 Å². The zero-order valence-electron chi connectivity index (χ0n) is 22.3. The topological polar surface area (TPSA) is 64.3 Å². The molecule has 1 aromatic heterocycles. The van der Waals surface area contributed by atoms with Gasteiger partial charge in [0.2, 0.25) is 0 Å². The summed E-state index contributed by atoms with van der Waals surface area (Å²) in [5, 5.41) is 4.15. The Balaban J connectivity index is 1.57. The molecule has 1 fully saturated rings. The van der Waals surface area contributed by atoms with Gasteiger partial charge in [-0.15, -0.1) is 13.2 Å². The fraction of sp³-hybridized carbons (Fsp3) is 0.258. The Morgan fingerprint density at radius 3 is 2.44 bits per heavy atom. The molecule has 1 aliphatic heterocycles. The number of aryl methyl sites for hydroxylation is 1. The number of aromatic nitrogens is 3. The Morgan fingerprint density at radius 2 is 1.73 bits per heavy atom. The first kappa shape index (κ1) is 26.7. The van der Waals surface area contributed by atoms with E-state index in [1.807, 2.05) is 31.2 Å². The average molecular weight is 562 g/mol. The monoisotopic (exact) mass is 561 g/mol. The van der Waals surface area contributed by atoms with E-state index in [4.69, 9.17) is 9.98 Å². The largest absolute Gasteiger partial charge is 0.573 e. The van der Waals surface area contributed by atoms with E-state index in [1.54, 1.807) is 16.8 Å². The zero-order chi connectivity index (χ0) is 28.6. The molecule has 0 amide bonds. The van der Waals surface area contributed by atoms with Gasteiger partial charge in [0.05, 0.1) is 51.4 Å². The van der Waals surface area contributed by atoms with Gasteiger partial charge in [-0.2, -0.15) is 0 Å². The molecule has 0 unspecified atom stereocenters. The summed E-state index contributed by atoms with van der Waals surface area (Å²) in [6.45, 7) is 1.92. The highest BCUT2D eigenvalue weighted by Crippen LogP contribution is 2.32. The second kappa shape index (κ2) is 10.8. The van der Waals surface area contributed by atoms with Gasteiger partial charge in [-0.05, 0) is 80.4 Å². The number of halogens is 4. The lowest BCUT2D eigenvalue weighted by atomic mass is 9.96. The molecular weight excluding hydrogens is 534 g/mol. The summed E-state index contributed by atoms with van der Waals surface area (Å²) in [5.74, 6) is -0.802. The summed E-state index contributed by atoms with van der Waals surface area (Å²) in [5.41, 5.74) is 5.20. The van der Waals surface area contributed by atoms with Crippen LogP contribution in [0, 0.1) is 12.7 Å². The molecule has 2 heterocycles. The maximum absolute atomic E-state index is 14.5. The molecule has 6 rings (SSSR count). The van der Waals surface area contributed by atoms with Crippen LogP contribution in [-0.2, 0) is 0 Å². The molecule has 0 atom stereocenters. The first-order chi connectivity index (χ1) is 19.7. The maximum atomic E-state index is 14.5. The Bertz CT molecular complexity index is 1720. The first-order valence-electron chi connectivity index (χ1n) is 13.5. The molecule has 0 bridgehead atoms. The summed E-state index contributed by atoms with van der Waals surface area (Å²) in [7, 11) is 0. The van der Waals surface area contributed by atoms with Gasteiger partial charge >= 0.3 is 6.36 Å². The number of nitrogens with zero attached hydrogens (tertiary/aromatic N) is 4. The minimum Gasteiger partial charge on any atom is -0.406 e. The second-order valence-corrected chi connectivity index (χ2v) is 10.2. The van der Waals surface area contributed by atoms with Crippen molar-refractivity contribution in [3.05, 3.63) is 89.8 Å². The van der Waals surface area contributed by atoms with Crippen molar-refractivity contribution in [2.45, 2.75) is 51.4 Å². The van der Waals surface area contributed by atoms with Crippen LogP contribution >= 0.6 is 0 Å². The second-order valence-electron chi connectivity index (χ2n) is 10.2. The molecule has 2 aliphatic carbocycles. The Labute approximate surface area is 233 Å². The van der Waals surface area contributed by atoms with Crippen molar-refractivity contribution < 1.29 is 22.3 Å². The normalized spacial score (nSPS) is 15.0. The number of pyridine rings is 1. The van der Waals surface area contributed by atoms with E-state index < -0.39 is 12.2 Å². The fourth-order valence-corrected chi connectivity index (χ4v) is 5.25. The van der Waals surface area contributed by atoms with E-state index in [-0.39, 0.29) is 11.8 Å². The lowest BCUT2D eigenvalue weighted by Gasteiger charge is -2.22. The lowest BCUT2D eigenvalue weighted by molar-refractivity contribution is -0.274. The number of benzene rings is 3. The SMILES string of the molecule is Cc1ccc(Nc2cc3nc4ccc(F)cc4n(-c4ccc(OC(F)(F)F)cc4)c-3cc2=NC2CCCCC2)cn1. The molecule has 1 N–H and O–H groups in total. The van der Waals surface area contributed by atoms with Crippen molar-refractivity contribution >= 4 is 22.4 Å². The van der Waals surface area contributed by atoms with Gasteiger partial charge in [0.1, 0.15) is 11.6 Å². The molecule has 0 spiro atoms. The Kier molecular flexibility index (Phi) is 7.07. The van der Waals surface area contributed by atoms with E-state index in [2.05, 4.69) is 15.0 Å². The Hall–Kier alpha value is -4.47. The molecule has 10 heteroatoms. The molecular formula is C31H27F4N5O. The molecule has 3 aromatic rings. The van der Waals surface area contributed by atoms with Crippen LogP contribution in [0.25, 0.3) is 28.1 Å². The average Bonchev–Trinajstić information content (AvgIpc) is 2.94. The zero-order valence-corrected chi connectivity index (χ0v) is 22.3. The summed E-state index contributed by atoms with van der Waals surface area (Å²) in [6, 6.07) is 17.6. The van der Waals surface area contributed by atoms with Gasteiger partial charge in [-0.25, -0.2) is 9.37 Å². The van der Waals surface area contributed by atoms with Crippen LogP contribution in [0.15, 0.2) is 77.9 Å². The predicted octanol–water partition coefficient (Wildman–Crippen LogP) is 7.85. The van der Waals surface area contributed by atoms with Crippen molar-refractivity contribution in [2.75, 3.05) is 5.32 Å². The van der Waals surface area contributed by atoms with Gasteiger partial charge in [0, 0.05) is 17.4 Å². The number of nitrogens with one attached hydrogen (secondary N) is 1. The van der Waals surface area contributed by atoms with Crippen molar-refractivity contribution in [1.82, 2.24) is 14.5 Å². The number of hydrogen-bond acceptors (Lipinski definition) is 5. The smallest absolute Gasteiger partial charge is 0.406 e. The van der Waals surface area contributed by atoms with Crippen LogP contribution in [0.1, 0.15) is 37.8 Å². The van der Waals surface area contributed by atoms with Crippen molar-refractivity contribution in [3.8, 4) is 22.8 Å². The fourth-order valence-electron chi connectivity index (χ4n) is 5.25. The summed E-state index contributed by atoms with van der Waals surface area (Å²) in [6.07, 6.45) is 2.36. The van der Waals surface area contributed by atoms with Crippen molar-refractivity contribution in [1.29, 1.82) is 0 Å². The molecule has 3 aliphatic rings. The summed E-state index contributed by atoms with van der Waals surface area (Å²) < 4.78 is 58.7. The van der Waals surface area contributed by atoms with Gasteiger partial charge in [0.25, 0.3) is 0 Å². The van der Waals surface area contributed by atoms with Crippen LogP contribution in [0.4, 0.5) is 28.9 Å². The third kappa shape index (κ3) is 6.01. The minimum atomic E-state index is -4.81. The van der Waals surface area contributed by atoms with Gasteiger partial charge in [0.15, 0.2) is 0 Å². The van der Waals surface area contributed by atoms with Crippen LogP contribution in [0.2, 0.25) is 0 Å². The number of alkyl halides is 3. The van der Waals surface area contributed by atoms with E-state index in [0.717, 1.165) is 42.8 Å². The van der Waals surface area contributed by atoms with Gasteiger partial charge in [-0.1, -0.05) is 19.3 Å². The van der Waals surface area contributed by atoms with E-state index in [0.29, 0.717) is 33.5 Å². The summed E-state index contributed by atoms with van der Waals surface area (Å²) in [4.78, 5) is 14.3. The van der Waals surface area contributed by atoms with Crippen LogP contribution < -0.4 is 15.4 Å². The number of fused-ring (bicyclic) bond motifs is 2. The molecule has 6 nitrogen and oxygen atoms in total. The van der Waals surface area contributed by atoms with Crippen molar-refractivity contribution in [2.24, 2.45) is 4.99 Å². The van der Waals surface area contributed by atoms with Gasteiger partial charge in [-0.3, -0.25) is 9.98 Å². The predicted molar refractivity (Wildman–Crippen MR) is 149 cm³/mol. The number of anilines is 2. The molecule has 1 saturated carbocycles.